The van der Waals surface area contributed by atoms with E-state index in [1.165, 1.54) is 16.3 Å². The van der Waals surface area contributed by atoms with Crippen LogP contribution in [0.2, 0.25) is 0 Å². The summed E-state index contributed by atoms with van der Waals surface area (Å²) in [7, 11) is -3.33. The Morgan fingerprint density at radius 1 is 1.18 bits per heavy atom. The van der Waals surface area contributed by atoms with E-state index in [1.807, 2.05) is 24.0 Å². The van der Waals surface area contributed by atoms with Crippen LogP contribution < -0.4 is 10.2 Å². The lowest BCUT2D eigenvalue weighted by Crippen LogP contribution is -2.43. The number of sulfone groups is 1. The highest BCUT2D eigenvalue weighted by Gasteiger charge is 2.27. The van der Waals surface area contributed by atoms with E-state index in [2.05, 4.69) is 33.5 Å². The van der Waals surface area contributed by atoms with Crippen LogP contribution in [0.4, 0.5) is 5.95 Å². The fourth-order valence-electron chi connectivity index (χ4n) is 4.44. The maximum Gasteiger partial charge on any atom is 0.226 e. The maximum absolute atomic E-state index is 13.0. The fourth-order valence-corrected chi connectivity index (χ4v) is 6.09. The summed E-state index contributed by atoms with van der Waals surface area (Å²) in [5.41, 5.74) is 1.39. The van der Waals surface area contributed by atoms with Crippen molar-refractivity contribution in [1.29, 1.82) is 0 Å². The molecule has 5 rings (SSSR count). The van der Waals surface area contributed by atoms with E-state index in [9.17, 15) is 13.2 Å². The summed E-state index contributed by atoms with van der Waals surface area (Å²) in [5.74, 6) is 0.432. The highest BCUT2D eigenvalue weighted by atomic mass is 32.2. The minimum atomic E-state index is -3.33. The van der Waals surface area contributed by atoms with Crippen LogP contribution in [-0.2, 0) is 21.2 Å². The smallest absolute Gasteiger partial charge is 0.226 e. The molecule has 1 saturated heterocycles. The molecule has 0 saturated carbocycles. The van der Waals surface area contributed by atoms with Crippen LogP contribution >= 0.6 is 11.3 Å². The van der Waals surface area contributed by atoms with Gasteiger partial charge in [0, 0.05) is 34.3 Å². The lowest BCUT2D eigenvalue weighted by atomic mass is 9.97. The Bertz CT molecular complexity index is 1460. The van der Waals surface area contributed by atoms with E-state index in [-0.39, 0.29) is 16.7 Å². The molecule has 34 heavy (non-hydrogen) atoms. The number of hydrogen-bond donors (Lipinski definition) is 1. The molecule has 3 heterocycles. The molecule has 1 aliphatic heterocycles. The molecule has 7 nitrogen and oxygen atoms in total. The van der Waals surface area contributed by atoms with Gasteiger partial charge in [0.1, 0.15) is 0 Å². The van der Waals surface area contributed by atoms with Gasteiger partial charge in [0.15, 0.2) is 9.84 Å². The summed E-state index contributed by atoms with van der Waals surface area (Å²) in [5, 5.41) is 5.13. The average Bonchev–Trinajstić information content (AvgIpc) is 3.25. The molecule has 1 N–H and O–H groups in total. The summed E-state index contributed by atoms with van der Waals surface area (Å²) >= 11 is 1.70. The monoisotopic (exact) mass is 494 g/mol. The molecule has 1 aliphatic rings. The van der Waals surface area contributed by atoms with Crippen LogP contribution in [0.15, 0.2) is 53.4 Å². The first-order chi connectivity index (χ1) is 16.3. The van der Waals surface area contributed by atoms with Crippen molar-refractivity contribution in [3.05, 3.63) is 59.1 Å². The van der Waals surface area contributed by atoms with Crippen molar-refractivity contribution in [2.45, 2.75) is 31.2 Å². The molecule has 0 unspecified atom stereocenters. The summed E-state index contributed by atoms with van der Waals surface area (Å²) in [6.07, 6.45) is 2.88. The molecule has 1 atom stereocenters. The highest BCUT2D eigenvalue weighted by molar-refractivity contribution is 7.90. The van der Waals surface area contributed by atoms with Crippen LogP contribution in [0.3, 0.4) is 0 Å². The predicted octanol–water partition coefficient (Wildman–Crippen LogP) is 4.09. The Hall–Kier alpha value is -3.04. The molecule has 9 heteroatoms. The normalized spacial score (nSPS) is 16.8. The molecular weight excluding hydrogens is 468 g/mol. The molecule has 0 aliphatic carbocycles. The van der Waals surface area contributed by atoms with E-state index in [1.54, 1.807) is 29.5 Å². The minimum absolute atomic E-state index is 0.0408. The first-order valence-electron chi connectivity index (χ1n) is 11.3. The van der Waals surface area contributed by atoms with E-state index < -0.39 is 9.84 Å². The number of hydrogen-bond acceptors (Lipinski definition) is 7. The maximum atomic E-state index is 13.0. The number of fused-ring (bicyclic) bond motifs is 2. The number of aryl methyl sites for hydroxylation is 1. The fraction of sp³-hybridized carbons (Fsp3) is 0.320. The number of nitrogens with one attached hydrogen (secondary N) is 1. The molecule has 0 radical (unpaired) electrons. The van der Waals surface area contributed by atoms with Gasteiger partial charge in [-0.2, -0.15) is 0 Å². The Morgan fingerprint density at radius 2 is 2.00 bits per heavy atom. The second-order valence-corrected chi connectivity index (χ2v) is 12.0. The Morgan fingerprint density at radius 3 is 2.79 bits per heavy atom. The highest BCUT2D eigenvalue weighted by Crippen LogP contribution is 2.27. The summed E-state index contributed by atoms with van der Waals surface area (Å²) < 4.78 is 25.2. The van der Waals surface area contributed by atoms with E-state index in [0.717, 1.165) is 35.3 Å². The lowest BCUT2D eigenvalue weighted by Gasteiger charge is -2.32. The predicted molar refractivity (Wildman–Crippen MR) is 136 cm³/mol. The van der Waals surface area contributed by atoms with Crippen molar-refractivity contribution in [3.63, 3.8) is 0 Å². The molecule has 2 aromatic carbocycles. The van der Waals surface area contributed by atoms with E-state index >= 15 is 0 Å². The average molecular weight is 495 g/mol. The molecule has 0 bridgehead atoms. The number of thiophene rings is 1. The molecule has 0 spiro atoms. The van der Waals surface area contributed by atoms with Gasteiger partial charge in [0.2, 0.25) is 11.9 Å². The van der Waals surface area contributed by atoms with Crippen molar-refractivity contribution < 1.29 is 13.2 Å². The third-order valence-electron chi connectivity index (χ3n) is 6.26. The van der Waals surface area contributed by atoms with Gasteiger partial charge in [-0.05, 0) is 55.5 Å². The molecule has 4 aromatic rings. The molecule has 2 aromatic heterocycles. The van der Waals surface area contributed by atoms with Gasteiger partial charge in [-0.15, -0.1) is 11.3 Å². The van der Waals surface area contributed by atoms with Crippen LogP contribution in [0.5, 0.6) is 0 Å². The Labute approximate surface area is 202 Å². The minimum Gasteiger partial charge on any atom is -0.351 e. The SMILES string of the molecule is Cc1nc(N2CCC[C@H](C(=O)NCc3cc4ccccc4s3)C2)nc2cc(S(C)(=O)=O)ccc12. The zero-order valence-corrected chi connectivity index (χ0v) is 20.7. The van der Waals surface area contributed by atoms with E-state index in [4.69, 9.17) is 0 Å². The largest absolute Gasteiger partial charge is 0.351 e. The van der Waals surface area contributed by atoms with Crippen LogP contribution in [0.1, 0.15) is 23.4 Å². The third kappa shape index (κ3) is 4.63. The van der Waals surface area contributed by atoms with Gasteiger partial charge >= 0.3 is 0 Å². The molecular formula is C25H26N4O3S2. The molecule has 1 fully saturated rings. The number of nitrogens with zero attached hydrogens (tertiary/aromatic N) is 3. The number of piperidine rings is 1. The standard InChI is InChI=1S/C25H26N4O3S2/c1-16-21-10-9-20(34(2,31)32)13-22(21)28-25(27-16)29-11-5-7-18(15-29)24(30)26-14-19-12-17-6-3-4-8-23(17)33-19/h3-4,6,8-10,12-13,18H,5,7,11,14-15H2,1-2H3,(H,26,30)/t18-/m0/s1. The molecule has 1 amide bonds. The van der Waals surface area contributed by atoms with Crippen molar-refractivity contribution in [1.82, 2.24) is 15.3 Å². The van der Waals surface area contributed by atoms with Crippen molar-refractivity contribution in [3.8, 4) is 0 Å². The quantitative estimate of drug-likeness (QED) is 0.449. The first-order valence-corrected chi connectivity index (χ1v) is 14.0. The van der Waals surface area contributed by atoms with E-state index in [0.29, 0.717) is 24.6 Å². The lowest BCUT2D eigenvalue weighted by molar-refractivity contribution is -0.125. The molecule has 176 valence electrons. The third-order valence-corrected chi connectivity index (χ3v) is 8.49. The van der Waals surface area contributed by atoms with Crippen LogP contribution in [0.25, 0.3) is 21.0 Å². The van der Waals surface area contributed by atoms with Gasteiger partial charge < -0.3 is 10.2 Å². The summed E-state index contributed by atoms with van der Waals surface area (Å²) in [4.78, 5) is 25.7. The topological polar surface area (TPSA) is 92.3 Å². The summed E-state index contributed by atoms with van der Waals surface area (Å²) in [6.45, 7) is 3.72. The van der Waals surface area contributed by atoms with Gasteiger partial charge in [-0.1, -0.05) is 18.2 Å². The van der Waals surface area contributed by atoms with Gasteiger partial charge in [-0.3, -0.25) is 4.79 Å². The van der Waals surface area contributed by atoms with Crippen molar-refractivity contribution >= 4 is 54.0 Å². The summed E-state index contributed by atoms with van der Waals surface area (Å²) in [6, 6.07) is 15.3. The number of benzene rings is 2. The number of carbonyl (C=O) groups is 1. The zero-order valence-electron chi connectivity index (χ0n) is 19.1. The van der Waals surface area contributed by atoms with Gasteiger partial charge in [0.05, 0.1) is 28.6 Å². The first kappa shape index (κ1) is 22.7. The van der Waals surface area contributed by atoms with Gasteiger partial charge in [-0.25, -0.2) is 18.4 Å². The van der Waals surface area contributed by atoms with Crippen molar-refractivity contribution in [2.75, 3.05) is 24.2 Å². The Balaban J connectivity index is 1.31. The second kappa shape index (κ2) is 8.96. The Kier molecular flexibility index (Phi) is 5.99. The second-order valence-electron chi connectivity index (χ2n) is 8.81. The number of anilines is 1. The van der Waals surface area contributed by atoms with Gasteiger partial charge in [0.25, 0.3) is 0 Å². The number of rotatable bonds is 5. The zero-order chi connectivity index (χ0) is 23.9. The van der Waals surface area contributed by atoms with Crippen LogP contribution in [0, 0.1) is 12.8 Å². The van der Waals surface area contributed by atoms with Crippen LogP contribution in [-0.4, -0.2) is 43.6 Å². The van der Waals surface area contributed by atoms with Crippen molar-refractivity contribution in [2.24, 2.45) is 5.92 Å². The number of aromatic nitrogens is 2. The number of amides is 1. The number of carbonyl (C=O) groups excluding carboxylic acids is 1.